The minimum absolute atomic E-state index is 0.141. The number of ether oxygens (including phenoxy) is 2. The fourth-order valence-electron chi connectivity index (χ4n) is 3.87. The minimum atomic E-state index is -3.61. The molecular formula is C24H32N2O5S. The summed E-state index contributed by atoms with van der Waals surface area (Å²) >= 11 is 0. The van der Waals surface area contributed by atoms with Crippen LogP contribution in [0.3, 0.4) is 0 Å². The molecule has 1 fully saturated rings. The van der Waals surface area contributed by atoms with E-state index >= 15 is 0 Å². The van der Waals surface area contributed by atoms with Gasteiger partial charge in [0, 0.05) is 13.1 Å². The van der Waals surface area contributed by atoms with E-state index in [1.165, 1.54) is 4.31 Å². The zero-order chi connectivity index (χ0) is 23.1. The van der Waals surface area contributed by atoms with E-state index in [2.05, 4.69) is 5.32 Å². The van der Waals surface area contributed by atoms with Gasteiger partial charge in [-0.3, -0.25) is 4.79 Å². The van der Waals surface area contributed by atoms with Crippen molar-refractivity contribution in [2.75, 3.05) is 26.3 Å². The van der Waals surface area contributed by atoms with Gasteiger partial charge in [-0.2, -0.15) is 4.31 Å². The topological polar surface area (TPSA) is 84.9 Å². The number of hydrogen-bond donors (Lipinski definition) is 1. The second-order valence-corrected chi connectivity index (χ2v) is 9.76. The van der Waals surface area contributed by atoms with Crippen molar-refractivity contribution in [2.24, 2.45) is 5.92 Å². The average Bonchev–Trinajstić information content (AvgIpc) is 2.81. The van der Waals surface area contributed by atoms with Crippen LogP contribution >= 0.6 is 0 Å². The highest BCUT2D eigenvalue weighted by molar-refractivity contribution is 7.89. The van der Waals surface area contributed by atoms with Gasteiger partial charge in [-0.05, 0) is 63.4 Å². The van der Waals surface area contributed by atoms with E-state index in [9.17, 15) is 13.2 Å². The fourth-order valence-corrected chi connectivity index (χ4v) is 5.41. The van der Waals surface area contributed by atoms with Gasteiger partial charge >= 0.3 is 0 Å². The molecule has 174 valence electrons. The second-order valence-electron chi connectivity index (χ2n) is 7.82. The van der Waals surface area contributed by atoms with Crippen LogP contribution in [0.4, 0.5) is 0 Å². The number of carbonyl (C=O) groups is 1. The number of carbonyl (C=O) groups excluding carboxylic acids is 1. The van der Waals surface area contributed by atoms with E-state index in [-0.39, 0.29) is 23.4 Å². The summed E-state index contributed by atoms with van der Waals surface area (Å²) in [5.74, 6) is 0.785. The van der Waals surface area contributed by atoms with Gasteiger partial charge in [-0.1, -0.05) is 24.3 Å². The number of nitrogens with one attached hydrogen (secondary N) is 1. The van der Waals surface area contributed by atoms with Gasteiger partial charge in [-0.15, -0.1) is 0 Å². The van der Waals surface area contributed by atoms with E-state index in [0.717, 1.165) is 5.56 Å². The molecule has 0 radical (unpaired) electrons. The Kier molecular flexibility index (Phi) is 8.15. The van der Waals surface area contributed by atoms with Gasteiger partial charge in [0.05, 0.1) is 30.1 Å². The highest BCUT2D eigenvalue weighted by atomic mass is 32.2. The lowest BCUT2D eigenvalue weighted by molar-refractivity contribution is -0.126. The molecule has 3 rings (SSSR count). The van der Waals surface area contributed by atoms with E-state index in [0.29, 0.717) is 44.1 Å². The maximum atomic E-state index is 13.0. The number of rotatable bonds is 9. The van der Waals surface area contributed by atoms with Gasteiger partial charge in [0.1, 0.15) is 0 Å². The number of nitrogens with zero attached hydrogens (tertiary/aromatic N) is 1. The monoisotopic (exact) mass is 460 g/mol. The lowest BCUT2D eigenvalue weighted by atomic mass is 9.98. The molecule has 0 saturated carbocycles. The molecule has 2 aromatic rings. The molecule has 1 amide bonds. The third-order valence-corrected chi connectivity index (χ3v) is 7.44. The van der Waals surface area contributed by atoms with Crippen LogP contribution in [-0.4, -0.2) is 44.9 Å². The van der Waals surface area contributed by atoms with Crippen molar-refractivity contribution in [2.45, 2.75) is 44.6 Å². The van der Waals surface area contributed by atoms with Gasteiger partial charge in [0.2, 0.25) is 15.9 Å². The van der Waals surface area contributed by atoms with E-state index in [4.69, 9.17) is 9.47 Å². The molecule has 1 aliphatic heterocycles. The summed E-state index contributed by atoms with van der Waals surface area (Å²) < 4.78 is 38.6. The molecule has 1 N–H and O–H groups in total. The molecule has 2 aromatic carbocycles. The van der Waals surface area contributed by atoms with Crippen LogP contribution in [0.25, 0.3) is 0 Å². The minimum Gasteiger partial charge on any atom is -0.490 e. The Labute approximate surface area is 190 Å². The van der Waals surface area contributed by atoms with Gasteiger partial charge < -0.3 is 14.8 Å². The Balaban J connectivity index is 1.68. The molecule has 0 spiro atoms. The smallest absolute Gasteiger partial charge is 0.243 e. The normalized spacial score (nSPS) is 18.0. The fraction of sp³-hybridized carbons (Fsp3) is 0.458. The zero-order valence-electron chi connectivity index (χ0n) is 18.9. The summed E-state index contributed by atoms with van der Waals surface area (Å²) in [6.07, 6.45) is 1.31. The van der Waals surface area contributed by atoms with Crippen LogP contribution in [-0.2, 0) is 14.8 Å². The summed E-state index contributed by atoms with van der Waals surface area (Å²) in [4.78, 5) is 13.2. The molecule has 1 saturated heterocycles. The number of benzene rings is 2. The van der Waals surface area contributed by atoms with Crippen LogP contribution in [0, 0.1) is 5.92 Å². The molecular weight excluding hydrogens is 428 g/mol. The van der Waals surface area contributed by atoms with Crippen LogP contribution in [0.15, 0.2) is 53.4 Å². The molecule has 2 atom stereocenters. The summed E-state index contributed by atoms with van der Waals surface area (Å²) in [7, 11) is -3.61. The summed E-state index contributed by atoms with van der Waals surface area (Å²) in [6, 6.07) is 13.8. The molecule has 0 bridgehead atoms. The van der Waals surface area contributed by atoms with Crippen molar-refractivity contribution >= 4 is 15.9 Å². The number of hydrogen-bond acceptors (Lipinski definition) is 5. The van der Waals surface area contributed by atoms with Gasteiger partial charge in [0.15, 0.2) is 11.5 Å². The van der Waals surface area contributed by atoms with Crippen molar-refractivity contribution < 1.29 is 22.7 Å². The lowest BCUT2D eigenvalue weighted by Gasteiger charge is -2.32. The third-order valence-electron chi connectivity index (χ3n) is 5.56. The predicted molar refractivity (Wildman–Crippen MR) is 123 cm³/mol. The quantitative estimate of drug-likeness (QED) is 0.616. The number of sulfonamides is 1. The molecule has 1 heterocycles. The molecule has 0 unspecified atom stereocenters. The predicted octanol–water partition coefficient (Wildman–Crippen LogP) is 3.76. The highest BCUT2D eigenvalue weighted by Gasteiger charge is 2.33. The molecule has 0 aromatic heterocycles. The first-order valence-electron chi connectivity index (χ1n) is 11.1. The maximum absolute atomic E-state index is 13.0. The number of amides is 1. The zero-order valence-corrected chi connectivity index (χ0v) is 19.7. The molecule has 1 aliphatic rings. The van der Waals surface area contributed by atoms with E-state index in [1.807, 2.05) is 39.0 Å². The Morgan fingerprint density at radius 3 is 2.47 bits per heavy atom. The average molecular weight is 461 g/mol. The van der Waals surface area contributed by atoms with E-state index in [1.54, 1.807) is 30.3 Å². The molecule has 7 nitrogen and oxygen atoms in total. The van der Waals surface area contributed by atoms with Crippen molar-refractivity contribution in [1.82, 2.24) is 9.62 Å². The second kappa shape index (κ2) is 10.8. The number of piperidine rings is 1. The first-order chi connectivity index (χ1) is 15.4. The van der Waals surface area contributed by atoms with Gasteiger partial charge in [0.25, 0.3) is 0 Å². The Morgan fingerprint density at radius 2 is 1.78 bits per heavy atom. The van der Waals surface area contributed by atoms with E-state index < -0.39 is 15.9 Å². The first kappa shape index (κ1) is 24.1. The molecule has 0 aliphatic carbocycles. The first-order valence-corrected chi connectivity index (χ1v) is 12.6. The largest absolute Gasteiger partial charge is 0.490 e. The highest BCUT2D eigenvalue weighted by Crippen LogP contribution is 2.31. The van der Waals surface area contributed by atoms with Crippen LogP contribution in [0.1, 0.15) is 45.2 Å². The van der Waals surface area contributed by atoms with Crippen molar-refractivity contribution in [3.63, 3.8) is 0 Å². The van der Waals surface area contributed by atoms with Crippen molar-refractivity contribution in [3.05, 3.63) is 54.1 Å². The van der Waals surface area contributed by atoms with Crippen LogP contribution in [0.2, 0.25) is 0 Å². The van der Waals surface area contributed by atoms with Crippen molar-refractivity contribution in [3.8, 4) is 11.5 Å². The van der Waals surface area contributed by atoms with Crippen molar-refractivity contribution in [1.29, 1.82) is 0 Å². The third kappa shape index (κ3) is 5.61. The lowest BCUT2D eigenvalue weighted by Crippen LogP contribution is -2.45. The summed E-state index contributed by atoms with van der Waals surface area (Å²) in [5.41, 5.74) is 0.898. The van der Waals surface area contributed by atoms with Crippen LogP contribution in [0.5, 0.6) is 11.5 Å². The van der Waals surface area contributed by atoms with Gasteiger partial charge in [-0.25, -0.2) is 8.42 Å². The molecule has 32 heavy (non-hydrogen) atoms. The SMILES string of the molecule is CCOc1ccc([C@@H](C)NC(=O)[C@H]2CCCN(S(=O)(=O)c3ccccc3)C2)cc1OCC. The molecule has 8 heteroatoms. The summed E-state index contributed by atoms with van der Waals surface area (Å²) in [5, 5.41) is 3.04. The Hall–Kier alpha value is -2.58. The Bertz CT molecular complexity index is 1010. The van der Waals surface area contributed by atoms with Crippen LogP contribution < -0.4 is 14.8 Å². The standard InChI is InChI=1S/C24H32N2O5S/c1-4-30-22-14-13-19(16-23(22)31-5-2)18(3)25-24(27)20-10-9-15-26(17-20)32(28,29)21-11-7-6-8-12-21/h6-8,11-14,16,18,20H,4-5,9-10,15,17H2,1-3H3,(H,25,27)/t18-,20+/m1/s1. The Morgan fingerprint density at radius 1 is 1.09 bits per heavy atom. The maximum Gasteiger partial charge on any atom is 0.243 e. The summed E-state index contributed by atoms with van der Waals surface area (Å²) in [6.45, 7) is 7.39.